The zero-order chi connectivity index (χ0) is 22.4. The van der Waals surface area contributed by atoms with E-state index >= 15 is 0 Å². The number of ether oxygens (including phenoxy) is 1. The SMILES string of the molecule is C=CCn1c(SCC(=O)Nc2ccc(C(C)(C)C)cc2)nnc1-c1ccccc1OC. The van der Waals surface area contributed by atoms with Gasteiger partial charge in [0.15, 0.2) is 11.0 Å². The van der Waals surface area contributed by atoms with E-state index in [2.05, 4.69) is 42.9 Å². The van der Waals surface area contributed by atoms with Crippen molar-refractivity contribution < 1.29 is 9.53 Å². The molecule has 7 heteroatoms. The zero-order valence-corrected chi connectivity index (χ0v) is 19.2. The first-order chi connectivity index (χ1) is 14.8. The Morgan fingerprint density at radius 3 is 2.52 bits per heavy atom. The molecule has 0 saturated heterocycles. The maximum absolute atomic E-state index is 12.5. The van der Waals surface area contributed by atoms with Crippen molar-refractivity contribution >= 4 is 23.4 Å². The lowest BCUT2D eigenvalue weighted by Gasteiger charge is -2.19. The van der Waals surface area contributed by atoms with Crippen LogP contribution in [0.1, 0.15) is 26.3 Å². The summed E-state index contributed by atoms with van der Waals surface area (Å²) in [5.41, 5.74) is 2.92. The van der Waals surface area contributed by atoms with Gasteiger partial charge in [-0.2, -0.15) is 0 Å². The minimum Gasteiger partial charge on any atom is -0.496 e. The Kier molecular flexibility index (Phi) is 7.17. The number of carbonyl (C=O) groups excluding carboxylic acids is 1. The summed E-state index contributed by atoms with van der Waals surface area (Å²) in [4.78, 5) is 12.5. The number of aromatic nitrogens is 3. The second-order valence-corrected chi connectivity index (χ2v) is 9.01. The van der Waals surface area contributed by atoms with Crippen molar-refractivity contribution in [2.45, 2.75) is 37.9 Å². The number of nitrogens with one attached hydrogen (secondary N) is 1. The molecule has 1 aromatic heterocycles. The molecule has 0 aliphatic carbocycles. The van der Waals surface area contributed by atoms with E-state index in [0.717, 1.165) is 11.3 Å². The molecular weight excluding hydrogens is 408 g/mol. The lowest BCUT2D eigenvalue weighted by atomic mass is 9.87. The standard InChI is InChI=1S/C24H28N4O2S/c1-6-15-28-22(19-9-7-8-10-20(19)30-5)26-27-23(28)31-16-21(29)25-18-13-11-17(12-14-18)24(2,3)4/h6-14H,1,15-16H2,2-5H3,(H,25,29). The van der Waals surface area contributed by atoms with Gasteiger partial charge in [0.25, 0.3) is 0 Å². The second-order valence-electron chi connectivity index (χ2n) is 8.07. The van der Waals surface area contributed by atoms with Gasteiger partial charge >= 0.3 is 0 Å². The van der Waals surface area contributed by atoms with Gasteiger partial charge in [-0.1, -0.05) is 62.9 Å². The molecule has 2 aromatic carbocycles. The maximum atomic E-state index is 12.5. The number of allylic oxidation sites excluding steroid dienone is 1. The van der Waals surface area contributed by atoms with Gasteiger partial charge in [0.2, 0.25) is 5.91 Å². The quantitative estimate of drug-likeness (QED) is 0.390. The number of amides is 1. The Balaban J connectivity index is 1.71. The van der Waals surface area contributed by atoms with Gasteiger partial charge in [-0.3, -0.25) is 9.36 Å². The van der Waals surface area contributed by atoms with E-state index in [1.165, 1.54) is 17.3 Å². The highest BCUT2D eigenvalue weighted by molar-refractivity contribution is 7.99. The Morgan fingerprint density at radius 2 is 1.87 bits per heavy atom. The van der Waals surface area contributed by atoms with Crippen LogP contribution in [0.2, 0.25) is 0 Å². The van der Waals surface area contributed by atoms with Crippen LogP contribution in [0.15, 0.2) is 66.3 Å². The van der Waals surface area contributed by atoms with Crippen molar-refractivity contribution in [3.63, 3.8) is 0 Å². The van der Waals surface area contributed by atoms with E-state index in [9.17, 15) is 4.79 Å². The summed E-state index contributed by atoms with van der Waals surface area (Å²) >= 11 is 1.34. The van der Waals surface area contributed by atoms with Gasteiger partial charge < -0.3 is 10.1 Å². The van der Waals surface area contributed by atoms with Gasteiger partial charge in [-0.25, -0.2) is 0 Å². The van der Waals surface area contributed by atoms with Gasteiger partial charge in [0.1, 0.15) is 5.75 Å². The largest absolute Gasteiger partial charge is 0.496 e. The van der Waals surface area contributed by atoms with Crippen molar-refractivity contribution in [1.82, 2.24) is 14.8 Å². The molecule has 6 nitrogen and oxygen atoms in total. The van der Waals surface area contributed by atoms with Crippen molar-refractivity contribution in [2.75, 3.05) is 18.2 Å². The fraction of sp³-hybridized carbons (Fsp3) is 0.292. The van der Waals surface area contributed by atoms with Crippen LogP contribution in [0.4, 0.5) is 5.69 Å². The molecule has 1 amide bonds. The van der Waals surface area contributed by atoms with Crippen LogP contribution >= 0.6 is 11.8 Å². The summed E-state index contributed by atoms with van der Waals surface area (Å²) in [5, 5.41) is 12.2. The van der Waals surface area contributed by atoms with Gasteiger partial charge in [-0.15, -0.1) is 16.8 Å². The molecule has 0 bridgehead atoms. The number of benzene rings is 2. The normalized spacial score (nSPS) is 11.2. The van der Waals surface area contributed by atoms with E-state index < -0.39 is 0 Å². The highest BCUT2D eigenvalue weighted by Gasteiger charge is 2.18. The van der Waals surface area contributed by atoms with Crippen LogP contribution in [0.5, 0.6) is 5.75 Å². The van der Waals surface area contributed by atoms with Gasteiger partial charge in [-0.05, 0) is 35.2 Å². The number of hydrogen-bond donors (Lipinski definition) is 1. The van der Waals surface area contributed by atoms with Gasteiger partial charge in [0, 0.05) is 12.2 Å². The topological polar surface area (TPSA) is 69.0 Å². The third-order valence-corrected chi connectivity index (χ3v) is 5.71. The minimum atomic E-state index is -0.0968. The number of hydrogen-bond acceptors (Lipinski definition) is 5. The monoisotopic (exact) mass is 436 g/mol. The van der Waals surface area contributed by atoms with E-state index in [1.54, 1.807) is 13.2 Å². The average molecular weight is 437 g/mol. The molecule has 162 valence electrons. The molecule has 0 radical (unpaired) electrons. The highest BCUT2D eigenvalue weighted by atomic mass is 32.2. The molecule has 3 rings (SSSR count). The van der Waals surface area contributed by atoms with Crippen molar-refractivity contribution in [3.8, 4) is 17.1 Å². The molecule has 0 aliphatic rings. The second kappa shape index (κ2) is 9.83. The molecule has 0 spiro atoms. The van der Waals surface area contributed by atoms with Crippen molar-refractivity contribution in [1.29, 1.82) is 0 Å². The summed E-state index contributed by atoms with van der Waals surface area (Å²) < 4.78 is 7.39. The molecular formula is C24H28N4O2S. The minimum absolute atomic E-state index is 0.0762. The lowest BCUT2D eigenvalue weighted by Crippen LogP contribution is -2.15. The first kappa shape index (κ1) is 22.6. The predicted molar refractivity (Wildman–Crippen MR) is 127 cm³/mol. The van der Waals surface area contributed by atoms with E-state index in [-0.39, 0.29) is 17.1 Å². The number of thioether (sulfide) groups is 1. The highest BCUT2D eigenvalue weighted by Crippen LogP contribution is 2.31. The van der Waals surface area contributed by atoms with E-state index in [0.29, 0.717) is 23.3 Å². The van der Waals surface area contributed by atoms with Crippen LogP contribution in [0.3, 0.4) is 0 Å². The first-order valence-corrected chi connectivity index (χ1v) is 11.0. The molecule has 3 aromatic rings. The van der Waals surface area contributed by atoms with Crippen molar-refractivity contribution in [2.24, 2.45) is 0 Å². The smallest absolute Gasteiger partial charge is 0.234 e. The summed E-state index contributed by atoms with van der Waals surface area (Å²) in [5.74, 6) is 1.52. The Morgan fingerprint density at radius 1 is 1.16 bits per heavy atom. The molecule has 1 N–H and O–H groups in total. The number of para-hydroxylation sites is 1. The average Bonchev–Trinajstić information content (AvgIpc) is 3.14. The molecule has 1 heterocycles. The van der Waals surface area contributed by atoms with Crippen LogP contribution < -0.4 is 10.1 Å². The summed E-state index contributed by atoms with van der Waals surface area (Å²) in [7, 11) is 1.63. The fourth-order valence-electron chi connectivity index (χ4n) is 3.10. The van der Waals surface area contributed by atoms with Gasteiger partial charge in [0.05, 0.1) is 18.4 Å². The third-order valence-electron chi connectivity index (χ3n) is 4.74. The van der Waals surface area contributed by atoms with Crippen LogP contribution in [0, 0.1) is 0 Å². The van der Waals surface area contributed by atoms with E-state index in [4.69, 9.17) is 4.74 Å². The Bertz CT molecular complexity index is 1050. The van der Waals surface area contributed by atoms with Crippen LogP contribution in [0.25, 0.3) is 11.4 Å². The molecule has 31 heavy (non-hydrogen) atoms. The zero-order valence-electron chi connectivity index (χ0n) is 18.4. The van der Waals surface area contributed by atoms with Crippen LogP contribution in [-0.4, -0.2) is 33.5 Å². The maximum Gasteiger partial charge on any atom is 0.234 e. The molecule has 0 unspecified atom stereocenters. The van der Waals surface area contributed by atoms with Crippen molar-refractivity contribution in [3.05, 3.63) is 66.7 Å². The number of carbonyl (C=O) groups is 1. The number of rotatable bonds is 8. The summed E-state index contributed by atoms with van der Waals surface area (Å²) in [6.07, 6.45) is 1.78. The third kappa shape index (κ3) is 5.55. The number of nitrogens with zero attached hydrogens (tertiary/aromatic N) is 3. The molecule has 0 aliphatic heterocycles. The Labute approximate surface area is 187 Å². The Hall–Kier alpha value is -3.06. The number of anilines is 1. The molecule has 0 fully saturated rings. The molecule has 0 atom stereocenters. The lowest BCUT2D eigenvalue weighted by molar-refractivity contribution is -0.113. The van der Waals surface area contributed by atoms with E-state index in [1.807, 2.05) is 53.1 Å². The van der Waals surface area contributed by atoms with Crippen LogP contribution in [-0.2, 0) is 16.8 Å². The first-order valence-electron chi connectivity index (χ1n) is 10.0. The fourth-order valence-corrected chi connectivity index (χ4v) is 3.85. The number of methoxy groups -OCH3 is 1. The summed E-state index contributed by atoms with van der Waals surface area (Å²) in [6.45, 7) is 10.8. The summed E-state index contributed by atoms with van der Waals surface area (Å²) in [6, 6.07) is 15.6. The predicted octanol–water partition coefficient (Wildman–Crippen LogP) is 5.17. The molecule has 0 saturated carbocycles.